The lowest BCUT2D eigenvalue weighted by Crippen LogP contribution is -1.95. The molecule has 0 bridgehead atoms. The minimum absolute atomic E-state index is 0.128. The van der Waals surface area contributed by atoms with Gasteiger partial charge in [-0.2, -0.15) is 0 Å². The van der Waals surface area contributed by atoms with Crippen LogP contribution in [0.4, 0.5) is 8.78 Å². The SMILES string of the molecule is O=S(c1ccc(I)cc1)c1cc(F)cc(F)c1. The molecule has 0 heterocycles. The maximum Gasteiger partial charge on any atom is 0.127 e. The first-order valence-corrected chi connectivity index (χ1v) is 6.92. The lowest BCUT2D eigenvalue weighted by molar-refractivity contribution is 0.576. The van der Waals surface area contributed by atoms with Gasteiger partial charge in [-0.3, -0.25) is 0 Å². The Bertz CT molecular complexity index is 549. The molecule has 0 aliphatic rings. The molecule has 0 saturated carbocycles. The second-order valence-corrected chi connectivity index (χ2v) is 6.05. The quantitative estimate of drug-likeness (QED) is 0.743. The van der Waals surface area contributed by atoms with Gasteiger partial charge in [0.25, 0.3) is 0 Å². The number of rotatable bonds is 2. The van der Waals surface area contributed by atoms with Gasteiger partial charge in [0.15, 0.2) is 0 Å². The van der Waals surface area contributed by atoms with Crippen LogP contribution in [0.3, 0.4) is 0 Å². The van der Waals surface area contributed by atoms with Crippen LogP contribution in [0.2, 0.25) is 0 Å². The van der Waals surface area contributed by atoms with Gasteiger partial charge in [-0.25, -0.2) is 13.0 Å². The first-order valence-electron chi connectivity index (χ1n) is 4.70. The van der Waals surface area contributed by atoms with E-state index in [4.69, 9.17) is 0 Å². The van der Waals surface area contributed by atoms with Crippen molar-refractivity contribution in [2.24, 2.45) is 0 Å². The summed E-state index contributed by atoms with van der Waals surface area (Å²) in [5.74, 6) is -1.45. The summed E-state index contributed by atoms with van der Waals surface area (Å²) >= 11 is 2.13. The molecule has 1 unspecified atom stereocenters. The van der Waals surface area contributed by atoms with Crippen LogP contribution in [0.1, 0.15) is 0 Å². The van der Waals surface area contributed by atoms with E-state index in [-0.39, 0.29) is 4.90 Å². The Morgan fingerprint density at radius 3 is 1.94 bits per heavy atom. The summed E-state index contributed by atoms with van der Waals surface area (Å²) in [5, 5.41) is 0. The fourth-order valence-electron chi connectivity index (χ4n) is 1.33. The third kappa shape index (κ3) is 3.10. The second kappa shape index (κ2) is 5.22. The van der Waals surface area contributed by atoms with Crippen LogP contribution < -0.4 is 0 Å². The van der Waals surface area contributed by atoms with E-state index >= 15 is 0 Å². The zero-order chi connectivity index (χ0) is 12.4. The maximum absolute atomic E-state index is 13.0. The molecule has 0 aliphatic heterocycles. The average molecular weight is 364 g/mol. The monoisotopic (exact) mass is 364 g/mol. The predicted molar refractivity (Wildman–Crippen MR) is 70.2 cm³/mol. The van der Waals surface area contributed by atoms with Gasteiger partial charge in [-0.1, -0.05) is 0 Å². The first-order chi connectivity index (χ1) is 8.06. The molecule has 2 aromatic rings. The van der Waals surface area contributed by atoms with E-state index < -0.39 is 22.4 Å². The summed E-state index contributed by atoms with van der Waals surface area (Å²) in [5.41, 5.74) is 0. The van der Waals surface area contributed by atoms with E-state index in [0.29, 0.717) is 4.90 Å². The van der Waals surface area contributed by atoms with Gasteiger partial charge in [-0.15, -0.1) is 0 Å². The maximum atomic E-state index is 13.0. The average Bonchev–Trinajstić information content (AvgIpc) is 2.28. The zero-order valence-corrected chi connectivity index (χ0v) is 11.5. The molecule has 2 rings (SSSR count). The van der Waals surface area contributed by atoms with Gasteiger partial charge >= 0.3 is 0 Å². The van der Waals surface area contributed by atoms with Crippen LogP contribution in [0.15, 0.2) is 52.3 Å². The summed E-state index contributed by atoms with van der Waals surface area (Å²) in [4.78, 5) is 0.652. The van der Waals surface area contributed by atoms with Crippen molar-refractivity contribution in [2.75, 3.05) is 0 Å². The molecule has 0 fully saturated rings. The molecule has 1 nitrogen and oxygen atoms in total. The number of benzene rings is 2. The van der Waals surface area contributed by atoms with Crippen molar-refractivity contribution >= 4 is 33.4 Å². The van der Waals surface area contributed by atoms with Gasteiger partial charge in [0, 0.05) is 19.4 Å². The van der Waals surface area contributed by atoms with Crippen LogP contribution in [0.25, 0.3) is 0 Å². The summed E-state index contributed by atoms with van der Waals surface area (Å²) in [6.45, 7) is 0. The third-order valence-corrected chi connectivity index (χ3v) is 4.16. The highest BCUT2D eigenvalue weighted by atomic mass is 127. The number of hydrogen-bond donors (Lipinski definition) is 0. The van der Waals surface area contributed by atoms with Gasteiger partial charge in [0.2, 0.25) is 0 Å². The third-order valence-electron chi connectivity index (χ3n) is 2.08. The Hall–Kier alpha value is -0.820. The van der Waals surface area contributed by atoms with Crippen molar-refractivity contribution in [3.8, 4) is 0 Å². The van der Waals surface area contributed by atoms with Gasteiger partial charge in [-0.05, 0) is 59.0 Å². The lowest BCUT2D eigenvalue weighted by Gasteiger charge is -2.03. The summed E-state index contributed by atoms with van der Waals surface area (Å²) in [6.07, 6.45) is 0. The number of hydrogen-bond acceptors (Lipinski definition) is 1. The minimum atomic E-state index is -1.56. The molecule has 0 aliphatic carbocycles. The van der Waals surface area contributed by atoms with E-state index in [1.807, 2.05) is 0 Å². The Labute approximate surface area is 113 Å². The fraction of sp³-hybridized carbons (Fsp3) is 0. The molecule has 88 valence electrons. The van der Waals surface area contributed by atoms with Crippen LogP contribution in [0, 0.1) is 15.2 Å². The van der Waals surface area contributed by atoms with E-state index in [1.54, 1.807) is 24.3 Å². The summed E-state index contributed by atoms with van der Waals surface area (Å²) < 4.78 is 39.0. The van der Waals surface area contributed by atoms with Crippen LogP contribution in [0.5, 0.6) is 0 Å². The molecular weight excluding hydrogens is 357 g/mol. The van der Waals surface area contributed by atoms with Gasteiger partial charge < -0.3 is 0 Å². The van der Waals surface area contributed by atoms with E-state index in [0.717, 1.165) is 21.8 Å². The van der Waals surface area contributed by atoms with Crippen molar-refractivity contribution in [3.63, 3.8) is 0 Å². The normalized spacial score (nSPS) is 12.4. The number of halogens is 3. The predicted octanol–water partition coefficient (Wildman–Crippen LogP) is 3.74. The Morgan fingerprint density at radius 2 is 1.41 bits per heavy atom. The molecule has 0 amide bonds. The Balaban J connectivity index is 2.40. The lowest BCUT2D eigenvalue weighted by atomic mass is 10.3. The molecule has 0 radical (unpaired) electrons. The standard InChI is InChI=1S/C12H7F2IOS/c13-8-5-9(14)7-12(6-8)17(16)11-3-1-10(15)2-4-11/h1-7H. The fourth-order valence-corrected chi connectivity index (χ4v) is 2.78. The highest BCUT2D eigenvalue weighted by molar-refractivity contribution is 14.1. The van der Waals surface area contributed by atoms with Crippen molar-refractivity contribution in [1.82, 2.24) is 0 Å². The van der Waals surface area contributed by atoms with Crippen molar-refractivity contribution < 1.29 is 13.0 Å². The van der Waals surface area contributed by atoms with Crippen molar-refractivity contribution in [1.29, 1.82) is 0 Å². The molecule has 5 heteroatoms. The van der Waals surface area contributed by atoms with Crippen molar-refractivity contribution in [3.05, 3.63) is 57.7 Å². The first kappa shape index (κ1) is 12.6. The van der Waals surface area contributed by atoms with Gasteiger partial charge in [0.05, 0.1) is 10.8 Å². The smallest absolute Gasteiger partial charge is 0.127 e. The van der Waals surface area contributed by atoms with Gasteiger partial charge in [0.1, 0.15) is 11.6 Å². The van der Waals surface area contributed by atoms with Crippen LogP contribution in [-0.2, 0) is 10.8 Å². The van der Waals surface area contributed by atoms with E-state index in [2.05, 4.69) is 22.6 Å². The van der Waals surface area contributed by atoms with E-state index in [9.17, 15) is 13.0 Å². The molecule has 2 aromatic carbocycles. The molecular formula is C12H7F2IOS. The van der Waals surface area contributed by atoms with Crippen LogP contribution >= 0.6 is 22.6 Å². The Morgan fingerprint density at radius 1 is 0.882 bits per heavy atom. The summed E-state index contributed by atoms with van der Waals surface area (Å²) in [6, 6.07) is 9.87. The van der Waals surface area contributed by atoms with Crippen molar-refractivity contribution in [2.45, 2.75) is 9.79 Å². The Kier molecular flexibility index (Phi) is 3.88. The minimum Gasteiger partial charge on any atom is -0.249 e. The molecule has 17 heavy (non-hydrogen) atoms. The molecule has 0 aromatic heterocycles. The molecule has 0 spiro atoms. The highest BCUT2D eigenvalue weighted by Crippen LogP contribution is 2.19. The molecule has 0 saturated heterocycles. The largest absolute Gasteiger partial charge is 0.249 e. The molecule has 0 N–H and O–H groups in total. The second-order valence-electron chi connectivity index (χ2n) is 3.33. The molecule has 1 atom stereocenters. The highest BCUT2D eigenvalue weighted by Gasteiger charge is 2.09. The van der Waals surface area contributed by atoms with Crippen LogP contribution in [-0.4, -0.2) is 4.21 Å². The summed E-state index contributed by atoms with van der Waals surface area (Å²) in [7, 11) is -1.56. The van der Waals surface area contributed by atoms with E-state index in [1.165, 1.54) is 0 Å². The zero-order valence-electron chi connectivity index (χ0n) is 8.49. The topological polar surface area (TPSA) is 17.1 Å².